The van der Waals surface area contributed by atoms with Crippen molar-refractivity contribution in [3.05, 3.63) is 89.7 Å². The number of aliphatic imine (C=N–C) groups is 1. The van der Waals surface area contributed by atoms with Gasteiger partial charge in [-0.2, -0.15) is 4.99 Å². The topological polar surface area (TPSA) is 81.8 Å². The normalized spacial score (nSPS) is 15.1. The van der Waals surface area contributed by atoms with Crippen LogP contribution >= 0.6 is 11.8 Å². The molecule has 1 fully saturated rings. The molecule has 4 aromatic rings. The Bertz CT molecular complexity index is 1600. The Morgan fingerprint density at radius 2 is 1.84 bits per heavy atom. The summed E-state index contributed by atoms with van der Waals surface area (Å²) in [5.41, 5.74) is 5.74. The first kappa shape index (κ1) is 30.1. The lowest BCUT2D eigenvalue weighted by molar-refractivity contribution is -0.274. The maximum Gasteiger partial charge on any atom is 0.573 e. The lowest BCUT2D eigenvalue weighted by atomic mass is 10.0. The van der Waals surface area contributed by atoms with Gasteiger partial charge in [-0.1, -0.05) is 61.2 Å². The van der Waals surface area contributed by atoms with E-state index in [1.807, 2.05) is 37.3 Å². The predicted molar refractivity (Wildman–Crippen MR) is 161 cm³/mol. The summed E-state index contributed by atoms with van der Waals surface area (Å²) in [6.45, 7) is 6.80. The van der Waals surface area contributed by atoms with E-state index in [4.69, 9.17) is 4.74 Å². The van der Waals surface area contributed by atoms with E-state index in [-0.39, 0.29) is 5.75 Å². The van der Waals surface area contributed by atoms with Gasteiger partial charge in [-0.05, 0) is 61.2 Å². The van der Waals surface area contributed by atoms with E-state index in [1.54, 1.807) is 11.8 Å². The smallest absolute Gasteiger partial charge is 0.445 e. The number of hydrogen-bond acceptors (Lipinski definition) is 6. The highest BCUT2D eigenvalue weighted by Crippen LogP contribution is 2.32. The van der Waals surface area contributed by atoms with Crippen molar-refractivity contribution in [3.8, 4) is 22.8 Å². The predicted octanol–water partition coefficient (Wildman–Crippen LogP) is 7.38. The van der Waals surface area contributed by atoms with Crippen molar-refractivity contribution >= 4 is 28.7 Å². The molecule has 0 saturated carbocycles. The molecule has 224 valence electrons. The highest BCUT2D eigenvalue weighted by atomic mass is 32.2. The van der Waals surface area contributed by atoms with E-state index in [0.29, 0.717) is 23.1 Å². The molecule has 5 rings (SSSR count). The summed E-state index contributed by atoms with van der Waals surface area (Å²) < 4.78 is 48.2. The lowest BCUT2D eigenvalue weighted by Gasteiger charge is -2.23. The first-order valence-electron chi connectivity index (χ1n) is 13.7. The van der Waals surface area contributed by atoms with Gasteiger partial charge < -0.3 is 14.4 Å². The van der Waals surface area contributed by atoms with Crippen LogP contribution in [0.15, 0.2) is 78.0 Å². The molecule has 1 atom stereocenters. The molecule has 0 radical (unpaired) electrons. The molecule has 1 aromatic heterocycles. The molecule has 2 heterocycles. The second-order valence-electron chi connectivity index (χ2n) is 9.98. The van der Waals surface area contributed by atoms with Crippen LogP contribution < -0.4 is 9.64 Å². The third-order valence-corrected chi connectivity index (χ3v) is 7.76. The highest BCUT2D eigenvalue weighted by Gasteiger charge is 2.31. The number of aryl methyl sites for hydroxylation is 2. The van der Waals surface area contributed by atoms with Crippen LogP contribution in [0, 0.1) is 6.92 Å². The summed E-state index contributed by atoms with van der Waals surface area (Å²) in [5, 5.41) is 5.09. The number of para-hydroxylation sites is 1. The number of rotatable bonds is 8. The van der Waals surface area contributed by atoms with Gasteiger partial charge in [0.15, 0.2) is 11.0 Å². The van der Waals surface area contributed by atoms with Crippen LogP contribution in [0.4, 0.5) is 23.7 Å². The molecule has 0 aliphatic carbocycles. The number of thioether (sulfide) groups is 1. The Morgan fingerprint density at radius 3 is 2.53 bits per heavy atom. The number of aromatic nitrogens is 3. The second-order valence-corrected chi connectivity index (χ2v) is 11.0. The molecule has 8 nitrogen and oxygen atoms in total. The van der Waals surface area contributed by atoms with E-state index in [2.05, 4.69) is 50.7 Å². The van der Waals surface area contributed by atoms with Gasteiger partial charge in [0.1, 0.15) is 18.2 Å². The number of amidine groups is 1. The molecule has 3 aromatic carbocycles. The summed E-state index contributed by atoms with van der Waals surface area (Å²) in [7, 11) is 0. The average molecular weight is 610 g/mol. The fraction of sp³-hybridized carbons (Fsp3) is 0.290. The summed E-state index contributed by atoms with van der Waals surface area (Å²) in [6.07, 6.45) is -2.88. The van der Waals surface area contributed by atoms with Crippen LogP contribution in [0.2, 0.25) is 0 Å². The molecule has 1 saturated heterocycles. The Kier molecular flexibility index (Phi) is 9.05. The quantitative estimate of drug-likeness (QED) is 0.206. The first-order valence-corrected chi connectivity index (χ1v) is 14.7. The maximum atomic E-state index is 12.7. The molecule has 1 aliphatic rings. The van der Waals surface area contributed by atoms with E-state index in [0.717, 1.165) is 41.1 Å². The molecule has 0 N–H and O–H groups in total. The number of hydrogen-bond donors (Lipinski definition) is 0. The molecule has 0 spiro atoms. The summed E-state index contributed by atoms with van der Waals surface area (Å²) >= 11 is 1.55. The number of benzene rings is 3. The Balaban J connectivity index is 1.18. The fourth-order valence-corrected chi connectivity index (χ4v) is 5.79. The van der Waals surface area contributed by atoms with Crippen molar-refractivity contribution in [1.82, 2.24) is 14.8 Å². The van der Waals surface area contributed by atoms with Crippen LogP contribution in [0.5, 0.6) is 5.75 Å². The number of halogens is 3. The van der Waals surface area contributed by atoms with Crippen LogP contribution in [0.25, 0.3) is 17.1 Å². The van der Waals surface area contributed by atoms with Gasteiger partial charge in [0.25, 0.3) is 0 Å². The Morgan fingerprint density at radius 1 is 1.09 bits per heavy atom. The van der Waals surface area contributed by atoms with Gasteiger partial charge in [-0.15, -0.1) is 18.3 Å². The number of nitrogens with zero attached hydrogens (tertiary/aromatic N) is 5. The van der Waals surface area contributed by atoms with Crippen molar-refractivity contribution in [3.63, 3.8) is 0 Å². The van der Waals surface area contributed by atoms with Gasteiger partial charge in [-0.3, -0.25) is 0 Å². The Hall–Kier alpha value is -4.32. The van der Waals surface area contributed by atoms with E-state index < -0.39 is 18.6 Å². The fourth-order valence-electron chi connectivity index (χ4n) is 4.85. The molecule has 1 amide bonds. The zero-order chi connectivity index (χ0) is 30.6. The molecular weight excluding hydrogens is 579 g/mol. The van der Waals surface area contributed by atoms with Crippen molar-refractivity contribution in [2.24, 2.45) is 4.99 Å². The third-order valence-electron chi connectivity index (χ3n) is 6.80. The average Bonchev–Trinajstić information content (AvgIpc) is 3.63. The molecular formula is C31H30F3N5O3S. The van der Waals surface area contributed by atoms with Crippen molar-refractivity contribution < 1.29 is 27.4 Å². The van der Waals surface area contributed by atoms with Crippen LogP contribution in [-0.2, 0) is 17.6 Å². The number of ether oxygens (including phenoxy) is 2. The summed E-state index contributed by atoms with van der Waals surface area (Å²) in [4.78, 5) is 23.5. The van der Waals surface area contributed by atoms with Crippen LogP contribution in [0.3, 0.4) is 0 Å². The molecule has 12 heteroatoms. The number of carbonyl (C=O) groups is 1. The third kappa shape index (κ3) is 7.56. The van der Waals surface area contributed by atoms with Gasteiger partial charge in [0.2, 0.25) is 0 Å². The maximum absolute atomic E-state index is 12.7. The summed E-state index contributed by atoms with van der Waals surface area (Å²) in [6, 6.07) is 19.1. The standard InChI is InChI=1S/C31H30F3N5O3S/c1-4-23-7-5-6-20(2)27(23)38-16-17-43-29(38)36-30(40)41-21(3)18-22-8-10-24(11-9-22)28-35-19-39(37-28)25-12-14-26(15-13-25)42-31(32,33)34/h5-15,19,21H,4,16-18H2,1-3H3/b36-29-. The zero-order valence-corrected chi connectivity index (χ0v) is 24.7. The molecule has 1 unspecified atom stereocenters. The van der Waals surface area contributed by atoms with E-state index >= 15 is 0 Å². The highest BCUT2D eigenvalue weighted by molar-refractivity contribution is 8.14. The van der Waals surface area contributed by atoms with E-state index in [9.17, 15) is 18.0 Å². The van der Waals surface area contributed by atoms with E-state index in [1.165, 1.54) is 40.8 Å². The molecule has 43 heavy (non-hydrogen) atoms. The number of alkyl halides is 3. The van der Waals surface area contributed by atoms with Gasteiger partial charge in [0.05, 0.1) is 5.69 Å². The van der Waals surface area contributed by atoms with Crippen LogP contribution in [0.1, 0.15) is 30.5 Å². The van der Waals surface area contributed by atoms with Gasteiger partial charge in [0, 0.05) is 30.0 Å². The van der Waals surface area contributed by atoms with Gasteiger partial charge >= 0.3 is 12.5 Å². The molecule has 0 bridgehead atoms. The largest absolute Gasteiger partial charge is 0.573 e. The minimum Gasteiger partial charge on any atom is -0.445 e. The molecule has 1 aliphatic heterocycles. The Labute approximate surface area is 251 Å². The minimum absolute atomic E-state index is 0.313. The van der Waals surface area contributed by atoms with Crippen LogP contribution in [-0.4, -0.2) is 50.8 Å². The van der Waals surface area contributed by atoms with Crippen molar-refractivity contribution in [2.45, 2.75) is 46.1 Å². The van der Waals surface area contributed by atoms with Crippen molar-refractivity contribution in [2.75, 3.05) is 17.2 Å². The zero-order valence-electron chi connectivity index (χ0n) is 23.8. The summed E-state index contributed by atoms with van der Waals surface area (Å²) in [5.74, 6) is 0.990. The second kappa shape index (κ2) is 12.9. The van der Waals surface area contributed by atoms with Crippen molar-refractivity contribution in [1.29, 1.82) is 0 Å². The first-order chi connectivity index (χ1) is 20.6. The SMILES string of the molecule is CCc1cccc(C)c1N1CCS/C1=N\C(=O)OC(C)Cc1ccc(-c2ncn(-c3ccc(OC(F)(F)F)cc3)n2)cc1. The minimum atomic E-state index is -4.75. The monoisotopic (exact) mass is 609 g/mol. The number of amides is 1. The number of carbonyl (C=O) groups excluding carboxylic acids is 1. The number of anilines is 1. The lowest BCUT2D eigenvalue weighted by Crippen LogP contribution is -2.27. The van der Waals surface area contributed by atoms with Gasteiger partial charge in [-0.25, -0.2) is 14.5 Å².